The van der Waals surface area contributed by atoms with Gasteiger partial charge in [0, 0.05) is 57.5 Å². The van der Waals surface area contributed by atoms with E-state index in [9.17, 15) is 22.8 Å². The second kappa shape index (κ2) is 10.0. The molecule has 0 fully saturated rings. The van der Waals surface area contributed by atoms with E-state index in [-0.39, 0.29) is 48.9 Å². The van der Waals surface area contributed by atoms with Gasteiger partial charge in [0.1, 0.15) is 17.3 Å². The van der Waals surface area contributed by atoms with E-state index in [1.165, 1.54) is 18.7 Å². The van der Waals surface area contributed by atoms with Gasteiger partial charge < -0.3 is 19.5 Å². The number of hydrogen-bond donors (Lipinski definition) is 1. The van der Waals surface area contributed by atoms with Crippen molar-refractivity contribution in [2.45, 2.75) is 39.4 Å². The zero-order chi connectivity index (χ0) is 27.9. The van der Waals surface area contributed by atoms with Crippen LogP contribution in [0.15, 0.2) is 48.7 Å². The fraction of sp³-hybridized carbons (Fsp3) is 0.286. The number of pyridine rings is 1. The van der Waals surface area contributed by atoms with E-state index in [1.807, 2.05) is 0 Å². The number of aromatic nitrogens is 3. The van der Waals surface area contributed by atoms with Crippen molar-refractivity contribution in [2.75, 3.05) is 11.9 Å². The zero-order valence-electron chi connectivity index (χ0n) is 21.6. The van der Waals surface area contributed by atoms with Crippen molar-refractivity contribution >= 4 is 34.4 Å². The Kier molecular flexibility index (Phi) is 6.75. The Labute approximate surface area is 222 Å². The summed E-state index contributed by atoms with van der Waals surface area (Å²) in [6.45, 7) is 3.28. The summed E-state index contributed by atoms with van der Waals surface area (Å²) in [7, 11) is 1.75. The Morgan fingerprint density at radius 3 is 2.56 bits per heavy atom. The van der Waals surface area contributed by atoms with Crippen molar-refractivity contribution in [3.05, 3.63) is 71.0 Å². The minimum absolute atomic E-state index is 0.00607. The second-order valence-electron chi connectivity index (χ2n) is 9.58. The van der Waals surface area contributed by atoms with E-state index < -0.39 is 11.7 Å². The number of ketones is 1. The maximum Gasteiger partial charge on any atom is 0.416 e. The molecule has 1 aliphatic heterocycles. The van der Waals surface area contributed by atoms with E-state index in [1.54, 1.807) is 54.2 Å². The lowest BCUT2D eigenvalue weighted by molar-refractivity contribution is -0.138. The van der Waals surface area contributed by atoms with Gasteiger partial charge in [0.25, 0.3) is 0 Å². The first kappa shape index (κ1) is 26.2. The fourth-order valence-electron chi connectivity index (χ4n) is 4.78. The summed E-state index contributed by atoms with van der Waals surface area (Å²) in [4.78, 5) is 33.5. The summed E-state index contributed by atoms with van der Waals surface area (Å²) in [6, 6.07) is 11.4. The third-order valence-corrected chi connectivity index (χ3v) is 6.65. The number of anilines is 2. The van der Waals surface area contributed by atoms with E-state index in [2.05, 4.69) is 15.3 Å². The van der Waals surface area contributed by atoms with E-state index in [4.69, 9.17) is 4.74 Å². The molecular formula is C28H26F3N5O3. The number of nitrogens with zero attached hydrogens (tertiary/aromatic N) is 4. The molecular weight excluding hydrogens is 511 g/mol. The average Bonchev–Trinajstić information content (AvgIpc) is 3.17. The number of rotatable bonds is 6. The minimum atomic E-state index is -4.53. The van der Waals surface area contributed by atoms with Crippen LogP contribution in [-0.2, 0) is 42.2 Å². The molecule has 1 amide bonds. The summed E-state index contributed by atoms with van der Waals surface area (Å²) < 4.78 is 49.5. The molecule has 2 aromatic carbocycles. The number of hydrogen-bond acceptors (Lipinski definition) is 6. The van der Waals surface area contributed by atoms with E-state index in [0.29, 0.717) is 39.7 Å². The second-order valence-corrected chi connectivity index (χ2v) is 9.58. The molecule has 5 rings (SSSR count). The molecule has 3 heterocycles. The molecule has 0 atom stereocenters. The zero-order valence-corrected chi connectivity index (χ0v) is 21.6. The normalized spacial score (nSPS) is 13.3. The van der Waals surface area contributed by atoms with E-state index >= 15 is 0 Å². The van der Waals surface area contributed by atoms with Gasteiger partial charge in [-0.25, -0.2) is 4.98 Å². The number of carbonyl (C=O) groups excluding carboxylic acids is 2. The third-order valence-electron chi connectivity index (χ3n) is 6.65. The molecule has 202 valence electrons. The number of nitrogens with one attached hydrogen (secondary N) is 1. The van der Waals surface area contributed by atoms with Crippen LogP contribution in [0.1, 0.15) is 36.2 Å². The monoisotopic (exact) mass is 537 g/mol. The van der Waals surface area contributed by atoms with E-state index in [0.717, 1.165) is 6.07 Å². The van der Waals surface area contributed by atoms with Gasteiger partial charge in [0.15, 0.2) is 0 Å². The molecule has 0 aliphatic carbocycles. The summed E-state index contributed by atoms with van der Waals surface area (Å²) >= 11 is 0. The fourth-order valence-corrected chi connectivity index (χ4v) is 4.78. The van der Waals surface area contributed by atoms with Crippen LogP contribution >= 0.6 is 0 Å². The minimum Gasteiger partial charge on any atom is -0.457 e. The highest BCUT2D eigenvalue weighted by molar-refractivity contribution is 5.81. The van der Waals surface area contributed by atoms with Crippen LogP contribution < -0.4 is 10.1 Å². The summed E-state index contributed by atoms with van der Waals surface area (Å²) in [5, 5.41) is 3.03. The van der Waals surface area contributed by atoms with Gasteiger partial charge in [-0.3, -0.25) is 14.6 Å². The topological polar surface area (TPSA) is 89.4 Å². The molecule has 0 bridgehead atoms. The van der Waals surface area contributed by atoms with Gasteiger partial charge in [0.05, 0.1) is 22.3 Å². The molecule has 8 nitrogen and oxygen atoms in total. The number of alkyl halides is 3. The first-order chi connectivity index (χ1) is 18.5. The van der Waals surface area contributed by atoms with Crippen molar-refractivity contribution in [2.24, 2.45) is 7.05 Å². The number of aryl methyl sites for hydroxylation is 1. The Bertz CT molecular complexity index is 1600. The molecule has 0 radical (unpaired) electrons. The first-order valence-corrected chi connectivity index (χ1v) is 12.3. The van der Waals surface area contributed by atoms with Gasteiger partial charge in [-0.2, -0.15) is 13.2 Å². The van der Waals surface area contributed by atoms with Crippen LogP contribution in [0.5, 0.6) is 11.5 Å². The predicted molar refractivity (Wildman–Crippen MR) is 139 cm³/mol. The van der Waals surface area contributed by atoms with Gasteiger partial charge in [0.2, 0.25) is 11.9 Å². The lowest BCUT2D eigenvalue weighted by Crippen LogP contribution is -2.35. The molecule has 0 unspecified atom stereocenters. The largest absolute Gasteiger partial charge is 0.457 e. The molecule has 0 saturated carbocycles. The Balaban J connectivity index is 1.44. The predicted octanol–water partition coefficient (Wildman–Crippen LogP) is 5.56. The SMILES string of the molecule is CC(=O)Cc1cc(Oc2ccc3nc(Nc4cc5c(c(C(F)(F)F)c4)CCN(C(C)=O)C5)n(C)c3c2)ccn1. The maximum absolute atomic E-state index is 13.9. The molecule has 39 heavy (non-hydrogen) atoms. The summed E-state index contributed by atoms with van der Waals surface area (Å²) in [5.74, 6) is 1.21. The highest BCUT2D eigenvalue weighted by atomic mass is 19.4. The maximum atomic E-state index is 13.9. The molecule has 11 heteroatoms. The number of amides is 1. The van der Waals surface area contributed by atoms with Gasteiger partial charge in [-0.1, -0.05) is 0 Å². The Morgan fingerprint density at radius 1 is 1.08 bits per heavy atom. The number of carbonyl (C=O) groups is 2. The van der Waals surface area contributed by atoms with Crippen LogP contribution in [0.3, 0.4) is 0 Å². The van der Waals surface area contributed by atoms with Crippen LogP contribution in [-0.4, -0.2) is 37.7 Å². The van der Waals surface area contributed by atoms with Gasteiger partial charge in [-0.05, 0) is 54.8 Å². The lowest BCUT2D eigenvalue weighted by atomic mass is 9.93. The molecule has 2 aromatic heterocycles. The highest BCUT2D eigenvalue weighted by Gasteiger charge is 2.36. The smallest absolute Gasteiger partial charge is 0.416 e. The molecule has 1 N–H and O–H groups in total. The van der Waals surface area contributed by atoms with Crippen LogP contribution in [0.4, 0.5) is 24.8 Å². The number of Topliss-reactive ketones (excluding diaryl/α,β-unsaturated/α-hetero) is 1. The van der Waals surface area contributed by atoms with Crippen molar-refractivity contribution in [3.8, 4) is 11.5 Å². The average molecular weight is 538 g/mol. The molecule has 1 aliphatic rings. The number of benzene rings is 2. The van der Waals surface area contributed by atoms with Crippen molar-refractivity contribution in [3.63, 3.8) is 0 Å². The first-order valence-electron chi connectivity index (χ1n) is 12.3. The number of fused-ring (bicyclic) bond motifs is 2. The molecule has 0 spiro atoms. The van der Waals surface area contributed by atoms with Gasteiger partial charge in [-0.15, -0.1) is 0 Å². The lowest BCUT2D eigenvalue weighted by Gasteiger charge is -2.30. The Morgan fingerprint density at radius 2 is 1.85 bits per heavy atom. The highest BCUT2D eigenvalue weighted by Crippen LogP contribution is 2.38. The van der Waals surface area contributed by atoms with Crippen LogP contribution in [0.2, 0.25) is 0 Å². The van der Waals surface area contributed by atoms with Crippen molar-refractivity contribution in [1.82, 2.24) is 19.4 Å². The third kappa shape index (κ3) is 5.57. The standard InChI is InChI=1S/C28H26F3N5O3/c1-16(37)10-19-12-22(6-8-32-19)39-21-4-5-25-26(14-21)35(3)27(34-25)33-20-11-18-15-36(17(2)38)9-7-23(18)24(13-20)28(29,30)31/h4-6,8,11-14H,7,9-10,15H2,1-3H3,(H,33,34). The van der Waals surface area contributed by atoms with Gasteiger partial charge >= 0.3 is 6.18 Å². The summed E-state index contributed by atoms with van der Waals surface area (Å²) in [5.41, 5.74) is 2.13. The molecule has 0 saturated heterocycles. The Hall–Kier alpha value is -4.41. The van der Waals surface area contributed by atoms with Crippen LogP contribution in [0, 0.1) is 0 Å². The van der Waals surface area contributed by atoms with Crippen molar-refractivity contribution < 1.29 is 27.5 Å². The number of imidazole rings is 1. The quantitative estimate of drug-likeness (QED) is 0.347. The number of halogens is 3. The van der Waals surface area contributed by atoms with Crippen molar-refractivity contribution in [1.29, 1.82) is 0 Å². The molecule has 4 aromatic rings. The number of ether oxygens (including phenoxy) is 1. The van der Waals surface area contributed by atoms with Crippen LogP contribution in [0.25, 0.3) is 11.0 Å². The summed E-state index contributed by atoms with van der Waals surface area (Å²) in [6.07, 6.45) is -2.61.